The summed E-state index contributed by atoms with van der Waals surface area (Å²) in [4.78, 5) is 51.2. The molecule has 0 bridgehead atoms. The van der Waals surface area contributed by atoms with Crippen molar-refractivity contribution >= 4 is 23.6 Å². The van der Waals surface area contributed by atoms with E-state index in [2.05, 4.69) is 44.7 Å². The average Bonchev–Trinajstić information content (AvgIpc) is 3.65. The fourth-order valence-electron chi connectivity index (χ4n) is 9.07. The normalized spacial score (nSPS) is 17.9. The Kier molecular flexibility index (Phi) is 10.4. The van der Waals surface area contributed by atoms with Crippen molar-refractivity contribution in [1.82, 2.24) is 19.3 Å². The van der Waals surface area contributed by atoms with E-state index in [9.17, 15) is 9.59 Å². The number of amides is 3. The number of fused-ring (bicyclic) bond motifs is 3. The minimum atomic E-state index is -0.409. The minimum Gasteiger partial charge on any atom is -0.410 e. The van der Waals surface area contributed by atoms with Gasteiger partial charge in [-0.1, -0.05) is 60.7 Å². The number of rotatable bonds is 7. The Morgan fingerprint density at radius 1 is 0.737 bits per heavy atom. The molecule has 4 aliphatic rings. The molecule has 5 aromatic rings. The van der Waals surface area contributed by atoms with Crippen LogP contribution in [0.15, 0.2) is 103 Å². The molecular formula is C47H49N5O5. The predicted octanol–water partition coefficient (Wildman–Crippen LogP) is 7.22. The van der Waals surface area contributed by atoms with Crippen LogP contribution >= 0.6 is 0 Å². The van der Waals surface area contributed by atoms with E-state index < -0.39 is 6.09 Å². The minimum absolute atomic E-state index is 0.0369. The smallest absolute Gasteiger partial charge is 0.410 e. The summed E-state index contributed by atoms with van der Waals surface area (Å²) in [5.74, 6) is 0.400. The maximum Gasteiger partial charge on any atom is 0.415 e. The number of aromatic nitrogens is 1. The van der Waals surface area contributed by atoms with E-state index in [1.165, 1.54) is 5.56 Å². The van der Waals surface area contributed by atoms with Crippen molar-refractivity contribution < 1.29 is 23.9 Å². The maximum atomic E-state index is 15.5. The van der Waals surface area contributed by atoms with Crippen molar-refractivity contribution in [1.29, 1.82) is 0 Å². The zero-order valence-corrected chi connectivity index (χ0v) is 32.6. The second-order valence-electron chi connectivity index (χ2n) is 15.7. The number of para-hydroxylation sites is 2. The Morgan fingerprint density at radius 2 is 1.47 bits per heavy atom. The molecular weight excluding hydrogens is 715 g/mol. The number of ether oxygens (including phenoxy) is 2. The van der Waals surface area contributed by atoms with E-state index in [1.807, 2.05) is 67.7 Å². The van der Waals surface area contributed by atoms with Gasteiger partial charge in [-0.25, -0.2) is 4.79 Å². The maximum absolute atomic E-state index is 15.5. The molecule has 292 valence electrons. The van der Waals surface area contributed by atoms with Crippen LogP contribution in [-0.4, -0.2) is 89.7 Å². The van der Waals surface area contributed by atoms with Crippen LogP contribution in [0.5, 0.6) is 5.75 Å². The summed E-state index contributed by atoms with van der Waals surface area (Å²) in [7, 11) is 1.83. The van der Waals surface area contributed by atoms with Gasteiger partial charge < -0.3 is 28.7 Å². The monoisotopic (exact) mass is 763 g/mol. The van der Waals surface area contributed by atoms with Gasteiger partial charge in [0.25, 0.3) is 11.8 Å². The molecule has 0 aliphatic carbocycles. The van der Waals surface area contributed by atoms with Gasteiger partial charge in [0.2, 0.25) is 0 Å². The van der Waals surface area contributed by atoms with Gasteiger partial charge in [-0.15, -0.1) is 0 Å². The molecule has 5 heterocycles. The lowest BCUT2D eigenvalue weighted by molar-refractivity contribution is 0.0193. The van der Waals surface area contributed by atoms with Gasteiger partial charge in [0.1, 0.15) is 5.75 Å². The van der Waals surface area contributed by atoms with Crippen molar-refractivity contribution in [2.45, 2.75) is 57.8 Å². The average molecular weight is 764 g/mol. The Hall–Kier alpha value is -5.71. The highest BCUT2D eigenvalue weighted by Crippen LogP contribution is 2.38. The number of anilines is 1. The quantitative estimate of drug-likeness (QED) is 0.174. The van der Waals surface area contributed by atoms with Gasteiger partial charge in [0.05, 0.1) is 18.8 Å². The number of benzene rings is 4. The molecule has 0 spiro atoms. The van der Waals surface area contributed by atoms with Crippen molar-refractivity contribution in [3.63, 3.8) is 0 Å². The fraction of sp³-hybridized carbons (Fsp3) is 0.340. The van der Waals surface area contributed by atoms with Crippen LogP contribution in [0.25, 0.3) is 11.3 Å². The van der Waals surface area contributed by atoms with E-state index in [4.69, 9.17) is 9.47 Å². The number of carbonyl (C=O) groups is 3. The summed E-state index contributed by atoms with van der Waals surface area (Å²) in [5.41, 5.74) is 9.34. The molecule has 0 radical (unpaired) electrons. The first-order chi connectivity index (χ1) is 27.9. The lowest BCUT2D eigenvalue weighted by atomic mass is 9.89. The first-order valence-electron chi connectivity index (χ1n) is 20.3. The van der Waals surface area contributed by atoms with E-state index in [-0.39, 0.29) is 17.9 Å². The first kappa shape index (κ1) is 36.9. The number of nitrogens with zero attached hydrogens (tertiary/aromatic N) is 5. The second-order valence-corrected chi connectivity index (χ2v) is 15.7. The largest absolute Gasteiger partial charge is 0.415 e. The molecule has 4 aromatic carbocycles. The van der Waals surface area contributed by atoms with Crippen molar-refractivity contribution in [2.75, 3.05) is 51.3 Å². The van der Waals surface area contributed by atoms with Crippen LogP contribution in [0.1, 0.15) is 61.5 Å². The van der Waals surface area contributed by atoms with Gasteiger partial charge in [0.15, 0.2) is 0 Å². The molecule has 10 heteroatoms. The molecule has 4 aliphatic heterocycles. The summed E-state index contributed by atoms with van der Waals surface area (Å²) in [6.45, 7) is 5.92. The summed E-state index contributed by atoms with van der Waals surface area (Å²) in [5, 5.41) is 0. The Bertz CT molecular complexity index is 2280. The molecule has 1 fully saturated rings. The summed E-state index contributed by atoms with van der Waals surface area (Å²) >= 11 is 0. The molecule has 57 heavy (non-hydrogen) atoms. The van der Waals surface area contributed by atoms with Crippen molar-refractivity contribution in [3.05, 3.63) is 142 Å². The van der Waals surface area contributed by atoms with Crippen LogP contribution in [-0.2, 0) is 43.6 Å². The van der Waals surface area contributed by atoms with E-state index in [0.29, 0.717) is 56.1 Å². The highest BCUT2D eigenvalue weighted by molar-refractivity contribution is 6.08. The molecule has 3 amide bonds. The number of hydrogen-bond acceptors (Lipinski definition) is 6. The lowest BCUT2D eigenvalue weighted by Crippen LogP contribution is -2.52. The van der Waals surface area contributed by atoms with Crippen LogP contribution in [0.4, 0.5) is 10.5 Å². The highest BCUT2D eigenvalue weighted by Gasteiger charge is 2.36. The zero-order valence-electron chi connectivity index (χ0n) is 32.6. The molecule has 1 atom stereocenters. The van der Waals surface area contributed by atoms with Crippen LogP contribution in [0.3, 0.4) is 0 Å². The molecule has 1 saturated heterocycles. The predicted molar refractivity (Wildman–Crippen MR) is 220 cm³/mol. The lowest BCUT2D eigenvalue weighted by Gasteiger charge is -2.41. The summed E-state index contributed by atoms with van der Waals surface area (Å²) in [6.07, 6.45) is 3.76. The van der Waals surface area contributed by atoms with Crippen LogP contribution in [0, 0.1) is 0 Å². The van der Waals surface area contributed by atoms with E-state index in [0.717, 1.165) is 91.2 Å². The van der Waals surface area contributed by atoms with Gasteiger partial charge in [-0.2, -0.15) is 0 Å². The van der Waals surface area contributed by atoms with Crippen LogP contribution in [0.2, 0.25) is 0 Å². The summed E-state index contributed by atoms with van der Waals surface area (Å²) < 4.78 is 13.7. The third-order valence-electron chi connectivity index (χ3n) is 12.2. The molecule has 1 aromatic heterocycles. The van der Waals surface area contributed by atoms with Crippen molar-refractivity contribution in [2.24, 2.45) is 0 Å². The zero-order chi connectivity index (χ0) is 38.9. The first-order valence-corrected chi connectivity index (χ1v) is 20.3. The van der Waals surface area contributed by atoms with Gasteiger partial charge in [0, 0.05) is 87.1 Å². The molecule has 10 nitrogen and oxygen atoms in total. The van der Waals surface area contributed by atoms with Crippen LogP contribution < -0.4 is 9.64 Å². The fourth-order valence-corrected chi connectivity index (χ4v) is 9.07. The number of hydrogen-bond donors (Lipinski definition) is 0. The topological polar surface area (TPSA) is 87.6 Å². The Labute approximate surface area is 334 Å². The molecule has 0 saturated carbocycles. The van der Waals surface area contributed by atoms with E-state index in [1.54, 1.807) is 21.9 Å². The molecule has 0 N–H and O–H groups in total. The molecule has 0 unspecified atom stereocenters. The third-order valence-corrected chi connectivity index (χ3v) is 12.2. The van der Waals surface area contributed by atoms with Gasteiger partial charge >= 0.3 is 6.09 Å². The number of carbonyl (C=O) groups excluding carboxylic acids is 3. The Balaban J connectivity index is 1.13. The third kappa shape index (κ3) is 7.47. The highest BCUT2D eigenvalue weighted by atomic mass is 16.6. The van der Waals surface area contributed by atoms with Gasteiger partial charge in [-0.05, 0) is 96.8 Å². The second kappa shape index (κ2) is 16.0. The Morgan fingerprint density at radius 3 is 2.26 bits per heavy atom. The summed E-state index contributed by atoms with van der Waals surface area (Å²) in [6, 6.07) is 33.5. The SMILES string of the molecule is CN(C(=O)c1cc(-c2cc3c(cc2C(=O)N2Cc4ccccc4C[C@H]2CN2CCOCC2)CN(C(=O)Oc2ccccc2)CC3)n2c1CCCC2)c1ccccc1. The standard InChI is InChI=1S/C47H49N5O5/c1-48(37-14-4-2-5-15-37)45(53)42-29-44(51-20-11-10-18-43(42)51)40-27-34-19-21-50(47(55)57-39-16-6-3-7-17-39)30-36(34)28-41(40)46(54)52-31-35-13-9-8-12-33(35)26-38(52)32-49-22-24-56-25-23-49/h2-9,12-17,27-29,38H,10-11,18-26,30-32H2,1H3/t38-/m0/s1. The van der Waals surface area contributed by atoms with Crippen molar-refractivity contribution in [3.8, 4) is 17.0 Å². The molecule has 9 rings (SSSR count). The number of morpholine rings is 1. The van der Waals surface area contributed by atoms with Gasteiger partial charge in [-0.3, -0.25) is 14.5 Å². The van der Waals surface area contributed by atoms with E-state index >= 15 is 4.79 Å².